The Kier molecular flexibility index (Phi) is 4.62. The van der Waals surface area contributed by atoms with Gasteiger partial charge in [0.15, 0.2) is 0 Å². The van der Waals surface area contributed by atoms with E-state index in [-0.39, 0.29) is 0 Å². The molecule has 19 heavy (non-hydrogen) atoms. The van der Waals surface area contributed by atoms with Crippen molar-refractivity contribution in [1.82, 2.24) is 0 Å². The molecule has 0 aliphatic rings. The summed E-state index contributed by atoms with van der Waals surface area (Å²) in [6.07, 6.45) is 2.20. The van der Waals surface area contributed by atoms with Crippen molar-refractivity contribution >= 4 is 5.69 Å². The first-order chi connectivity index (χ1) is 9.20. The molecule has 2 aromatic rings. The molecule has 1 unspecified atom stereocenters. The van der Waals surface area contributed by atoms with Gasteiger partial charge in [0.25, 0.3) is 0 Å². The predicted molar refractivity (Wildman–Crippen MR) is 83.8 cm³/mol. The van der Waals surface area contributed by atoms with Crippen LogP contribution in [0.25, 0.3) is 0 Å². The average Bonchev–Trinajstić information content (AvgIpc) is 2.44. The van der Waals surface area contributed by atoms with E-state index in [4.69, 9.17) is 0 Å². The normalized spacial score (nSPS) is 12.2. The number of hydrogen-bond donors (Lipinski definition) is 1. The smallest absolute Gasteiger partial charge is 0.0374 e. The molecular weight excluding hydrogens is 230 g/mol. The molecule has 0 saturated carbocycles. The van der Waals surface area contributed by atoms with E-state index in [9.17, 15) is 0 Å². The van der Waals surface area contributed by atoms with E-state index in [0.717, 1.165) is 12.8 Å². The van der Waals surface area contributed by atoms with Gasteiger partial charge in [0.2, 0.25) is 0 Å². The van der Waals surface area contributed by atoms with Crippen LogP contribution in [-0.4, -0.2) is 6.04 Å². The Morgan fingerprint density at radius 3 is 2.37 bits per heavy atom. The molecule has 1 nitrogen and oxygen atoms in total. The fourth-order valence-corrected chi connectivity index (χ4v) is 2.32. The molecule has 2 rings (SSSR count). The van der Waals surface area contributed by atoms with Crippen LogP contribution in [0.15, 0.2) is 48.5 Å². The quantitative estimate of drug-likeness (QED) is 0.811. The largest absolute Gasteiger partial charge is 0.382 e. The zero-order valence-corrected chi connectivity index (χ0v) is 12.1. The lowest BCUT2D eigenvalue weighted by Gasteiger charge is -2.20. The minimum Gasteiger partial charge on any atom is -0.382 e. The van der Waals surface area contributed by atoms with Gasteiger partial charge in [0.05, 0.1) is 0 Å². The lowest BCUT2D eigenvalue weighted by atomic mass is 10.0. The number of nitrogens with one attached hydrogen (secondary N) is 1. The Labute approximate surface area is 116 Å². The molecule has 0 aliphatic heterocycles. The van der Waals surface area contributed by atoms with E-state index in [1.54, 1.807) is 0 Å². The van der Waals surface area contributed by atoms with E-state index in [1.165, 1.54) is 22.4 Å². The van der Waals surface area contributed by atoms with Crippen molar-refractivity contribution in [2.24, 2.45) is 0 Å². The van der Waals surface area contributed by atoms with Crippen LogP contribution < -0.4 is 5.32 Å². The lowest BCUT2D eigenvalue weighted by Crippen LogP contribution is -2.21. The third-order valence-electron chi connectivity index (χ3n) is 3.78. The van der Waals surface area contributed by atoms with Crippen LogP contribution in [0.3, 0.4) is 0 Å². The van der Waals surface area contributed by atoms with Gasteiger partial charge in [0, 0.05) is 11.7 Å². The summed E-state index contributed by atoms with van der Waals surface area (Å²) in [5.41, 5.74) is 5.36. The highest BCUT2D eigenvalue weighted by Gasteiger charge is 2.09. The van der Waals surface area contributed by atoms with Crippen molar-refractivity contribution in [3.8, 4) is 0 Å². The second kappa shape index (κ2) is 6.42. The molecule has 0 amide bonds. The van der Waals surface area contributed by atoms with E-state index in [1.807, 2.05) is 0 Å². The molecule has 2 aromatic carbocycles. The zero-order chi connectivity index (χ0) is 13.7. The maximum absolute atomic E-state index is 3.69. The Morgan fingerprint density at radius 2 is 1.68 bits per heavy atom. The summed E-state index contributed by atoms with van der Waals surface area (Å²) in [7, 11) is 0. The monoisotopic (exact) mass is 253 g/mol. The Hall–Kier alpha value is -1.76. The molecule has 100 valence electrons. The number of benzene rings is 2. The topological polar surface area (TPSA) is 12.0 Å². The van der Waals surface area contributed by atoms with Crippen molar-refractivity contribution in [3.63, 3.8) is 0 Å². The van der Waals surface area contributed by atoms with Gasteiger partial charge in [-0.3, -0.25) is 0 Å². The summed E-state index contributed by atoms with van der Waals surface area (Å²) in [5.74, 6) is 0. The second-order valence-corrected chi connectivity index (χ2v) is 5.19. The molecule has 0 spiro atoms. The molecule has 0 aliphatic carbocycles. The molecule has 0 saturated heterocycles. The molecule has 1 atom stereocenters. The van der Waals surface area contributed by atoms with Crippen LogP contribution >= 0.6 is 0 Å². The molecule has 0 aromatic heterocycles. The second-order valence-electron chi connectivity index (χ2n) is 5.19. The molecular formula is C18H23N. The minimum absolute atomic E-state index is 0.489. The van der Waals surface area contributed by atoms with Crippen molar-refractivity contribution in [1.29, 1.82) is 0 Å². The number of rotatable bonds is 5. The Bertz CT molecular complexity index is 516. The number of hydrogen-bond acceptors (Lipinski definition) is 1. The Balaban J connectivity index is 2.09. The Morgan fingerprint density at radius 1 is 0.947 bits per heavy atom. The SMILES string of the molecule is CCC(Cc1ccccc1)Nc1cccc(C)c1C. The first-order valence-corrected chi connectivity index (χ1v) is 7.07. The molecule has 0 fully saturated rings. The highest BCUT2D eigenvalue weighted by atomic mass is 14.9. The fourth-order valence-electron chi connectivity index (χ4n) is 2.32. The van der Waals surface area contributed by atoms with Gasteiger partial charge in [-0.2, -0.15) is 0 Å². The van der Waals surface area contributed by atoms with Crippen molar-refractivity contribution < 1.29 is 0 Å². The summed E-state index contributed by atoms with van der Waals surface area (Å²) in [6.45, 7) is 6.59. The van der Waals surface area contributed by atoms with Gasteiger partial charge < -0.3 is 5.32 Å². The minimum atomic E-state index is 0.489. The highest BCUT2D eigenvalue weighted by molar-refractivity contribution is 5.54. The number of anilines is 1. The van der Waals surface area contributed by atoms with Crippen molar-refractivity contribution in [2.75, 3.05) is 5.32 Å². The van der Waals surface area contributed by atoms with Crippen LogP contribution in [0, 0.1) is 13.8 Å². The van der Waals surface area contributed by atoms with Gasteiger partial charge in [-0.25, -0.2) is 0 Å². The van der Waals surface area contributed by atoms with Gasteiger partial charge in [-0.15, -0.1) is 0 Å². The van der Waals surface area contributed by atoms with Crippen LogP contribution in [0.1, 0.15) is 30.0 Å². The van der Waals surface area contributed by atoms with Gasteiger partial charge in [-0.05, 0) is 49.4 Å². The number of aryl methyl sites for hydroxylation is 1. The molecule has 1 N–H and O–H groups in total. The van der Waals surface area contributed by atoms with Crippen LogP contribution in [-0.2, 0) is 6.42 Å². The maximum atomic E-state index is 3.69. The predicted octanol–water partition coefficient (Wildman–Crippen LogP) is 4.74. The van der Waals surface area contributed by atoms with Crippen LogP contribution in [0.2, 0.25) is 0 Å². The molecule has 0 radical (unpaired) electrons. The third-order valence-corrected chi connectivity index (χ3v) is 3.78. The fraction of sp³-hybridized carbons (Fsp3) is 0.333. The molecule has 0 bridgehead atoms. The molecule has 1 heteroatoms. The maximum Gasteiger partial charge on any atom is 0.0374 e. The summed E-state index contributed by atoms with van der Waals surface area (Å²) in [6, 6.07) is 17.7. The van der Waals surface area contributed by atoms with Crippen LogP contribution in [0.4, 0.5) is 5.69 Å². The molecule has 0 heterocycles. The van der Waals surface area contributed by atoms with E-state index in [2.05, 4.69) is 74.6 Å². The standard InChI is InChI=1S/C18H23N/c1-4-17(13-16-10-6-5-7-11-16)19-18-12-8-9-14(2)15(18)3/h5-12,17,19H,4,13H2,1-3H3. The lowest BCUT2D eigenvalue weighted by molar-refractivity contribution is 0.689. The summed E-state index contributed by atoms with van der Waals surface area (Å²) >= 11 is 0. The van der Waals surface area contributed by atoms with Gasteiger partial charge in [0.1, 0.15) is 0 Å². The first kappa shape index (κ1) is 13.7. The average molecular weight is 253 g/mol. The third kappa shape index (κ3) is 3.60. The van der Waals surface area contributed by atoms with Crippen molar-refractivity contribution in [2.45, 2.75) is 39.7 Å². The van der Waals surface area contributed by atoms with Gasteiger partial charge in [-0.1, -0.05) is 49.4 Å². The van der Waals surface area contributed by atoms with E-state index < -0.39 is 0 Å². The van der Waals surface area contributed by atoms with Crippen LogP contribution in [0.5, 0.6) is 0 Å². The first-order valence-electron chi connectivity index (χ1n) is 7.07. The van der Waals surface area contributed by atoms with E-state index >= 15 is 0 Å². The highest BCUT2D eigenvalue weighted by Crippen LogP contribution is 2.20. The van der Waals surface area contributed by atoms with Crippen molar-refractivity contribution in [3.05, 3.63) is 65.2 Å². The zero-order valence-electron chi connectivity index (χ0n) is 12.1. The summed E-state index contributed by atoms with van der Waals surface area (Å²) < 4.78 is 0. The van der Waals surface area contributed by atoms with E-state index in [0.29, 0.717) is 6.04 Å². The van der Waals surface area contributed by atoms with Gasteiger partial charge >= 0.3 is 0 Å². The summed E-state index contributed by atoms with van der Waals surface area (Å²) in [4.78, 5) is 0. The summed E-state index contributed by atoms with van der Waals surface area (Å²) in [5, 5.41) is 3.69.